The zero-order valence-electron chi connectivity index (χ0n) is 16.9. The van der Waals surface area contributed by atoms with Crippen LogP contribution in [-0.2, 0) is 12.7 Å². The van der Waals surface area contributed by atoms with Crippen molar-refractivity contribution in [1.29, 1.82) is 0 Å². The number of rotatable bonds is 5. The van der Waals surface area contributed by atoms with Crippen LogP contribution in [0.2, 0.25) is 0 Å². The highest BCUT2D eigenvalue weighted by Gasteiger charge is 2.32. The van der Waals surface area contributed by atoms with E-state index in [1.165, 1.54) is 6.20 Å². The van der Waals surface area contributed by atoms with Crippen LogP contribution >= 0.6 is 0 Å². The van der Waals surface area contributed by atoms with Crippen molar-refractivity contribution in [1.82, 2.24) is 9.55 Å². The number of hydrogen-bond acceptors (Lipinski definition) is 4. The molecular formula is C24H17F3N2O3. The average Bonchev–Trinajstić information content (AvgIpc) is 2.80. The molecule has 5 nitrogen and oxygen atoms in total. The molecule has 0 amide bonds. The number of ketones is 1. The Morgan fingerprint density at radius 3 is 2.38 bits per heavy atom. The van der Waals surface area contributed by atoms with E-state index in [0.29, 0.717) is 23.2 Å². The summed E-state index contributed by atoms with van der Waals surface area (Å²) in [6, 6.07) is 16.0. The molecule has 0 atom stereocenters. The van der Waals surface area contributed by atoms with E-state index in [1.54, 1.807) is 48.1 Å². The summed E-state index contributed by atoms with van der Waals surface area (Å²) in [7, 11) is 1.57. The third kappa shape index (κ3) is 4.12. The first-order valence-corrected chi connectivity index (χ1v) is 9.61. The van der Waals surface area contributed by atoms with Gasteiger partial charge in [0.1, 0.15) is 11.4 Å². The van der Waals surface area contributed by atoms with Crippen LogP contribution in [0.1, 0.15) is 27.2 Å². The fourth-order valence-corrected chi connectivity index (χ4v) is 3.42. The van der Waals surface area contributed by atoms with Gasteiger partial charge in [-0.3, -0.25) is 14.6 Å². The number of ether oxygens (including phenoxy) is 1. The molecule has 0 spiro atoms. The van der Waals surface area contributed by atoms with Gasteiger partial charge in [0.05, 0.1) is 18.2 Å². The van der Waals surface area contributed by atoms with Gasteiger partial charge in [0.2, 0.25) is 5.43 Å². The van der Waals surface area contributed by atoms with Crippen molar-refractivity contribution >= 4 is 16.7 Å². The minimum atomic E-state index is -4.62. The summed E-state index contributed by atoms with van der Waals surface area (Å²) in [5.41, 5.74) is -0.286. The molecular weight excluding hydrogens is 421 g/mol. The molecule has 0 N–H and O–H groups in total. The van der Waals surface area contributed by atoms with E-state index in [9.17, 15) is 22.8 Å². The summed E-state index contributed by atoms with van der Waals surface area (Å²) >= 11 is 0. The van der Waals surface area contributed by atoms with Crippen LogP contribution in [0, 0.1) is 0 Å². The van der Waals surface area contributed by atoms with Gasteiger partial charge in [0.15, 0.2) is 5.78 Å². The van der Waals surface area contributed by atoms with Gasteiger partial charge in [0, 0.05) is 29.9 Å². The van der Waals surface area contributed by atoms with Crippen LogP contribution in [0.15, 0.2) is 77.9 Å². The van der Waals surface area contributed by atoms with Gasteiger partial charge in [-0.2, -0.15) is 13.2 Å². The van der Waals surface area contributed by atoms with Gasteiger partial charge in [-0.05, 0) is 42.0 Å². The predicted octanol–water partition coefficient (Wildman–Crippen LogP) is 4.70. The molecule has 0 saturated heterocycles. The Labute approximate surface area is 180 Å². The second-order valence-corrected chi connectivity index (χ2v) is 7.12. The minimum absolute atomic E-state index is 0.0959. The van der Waals surface area contributed by atoms with Crippen molar-refractivity contribution in [3.8, 4) is 5.75 Å². The molecule has 0 saturated carbocycles. The summed E-state index contributed by atoms with van der Waals surface area (Å²) in [4.78, 5) is 29.3. The van der Waals surface area contributed by atoms with E-state index >= 15 is 0 Å². The monoisotopic (exact) mass is 438 g/mol. The van der Waals surface area contributed by atoms with Crippen molar-refractivity contribution in [3.63, 3.8) is 0 Å². The molecule has 2 aromatic carbocycles. The average molecular weight is 438 g/mol. The number of pyridine rings is 2. The molecule has 4 aromatic rings. The summed E-state index contributed by atoms with van der Waals surface area (Å²) in [6.07, 6.45) is -2.34. The molecule has 2 heterocycles. The normalized spacial score (nSPS) is 11.5. The molecule has 32 heavy (non-hydrogen) atoms. The number of methoxy groups -OCH3 is 1. The second kappa shape index (κ2) is 8.30. The molecule has 0 aliphatic rings. The minimum Gasteiger partial charge on any atom is -0.497 e. The largest absolute Gasteiger partial charge is 0.497 e. The zero-order valence-corrected chi connectivity index (χ0v) is 16.9. The van der Waals surface area contributed by atoms with Gasteiger partial charge in [-0.1, -0.05) is 24.3 Å². The number of nitrogens with zero attached hydrogens (tertiary/aromatic N) is 2. The molecule has 162 valence electrons. The quantitative estimate of drug-likeness (QED) is 0.424. The summed E-state index contributed by atoms with van der Waals surface area (Å²) in [5.74, 6) is 0.00893. The smallest absolute Gasteiger partial charge is 0.433 e. The van der Waals surface area contributed by atoms with Crippen molar-refractivity contribution in [3.05, 3.63) is 106 Å². The lowest BCUT2D eigenvalue weighted by Crippen LogP contribution is -2.20. The fourth-order valence-electron chi connectivity index (χ4n) is 3.42. The molecule has 0 aliphatic heterocycles. The third-order valence-electron chi connectivity index (χ3n) is 5.06. The van der Waals surface area contributed by atoms with Crippen molar-refractivity contribution < 1.29 is 22.7 Å². The van der Waals surface area contributed by atoms with E-state index in [4.69, 9.17) is 4.74 Å². The highest BCUT2D eigenvalue weighted by molar-refractivity contribution is 6.09. The first kappa shape index (κ1) is 21.3. The Balaban J connectivity index is 1.78. The van der Waals surface area contributed by atoms with Gasteiger partial charge in [-0.25, -0.2) is 0 Å². The summed E-state index contributed by atoms with van der Waals surface area (Å²) in [6.45, 7) is 0.371. The topological polar surface area (TPSA) is 61.2 Å². The number of benzene rings is 2. The number of halogens is 3. The lowest BCUT2D eigenvalue weighted by Gasteiger charge is -2.14. The predicted molar refractivity (Wildman–Crippen MR) is 113 cm³/mol. The lowest BCUT2D eigenvalue weighted by molar-refractivity contribution is -0.141. The van der Waals surface area contributed by atoms with Crippen LogP contribution in [0.4, 0.5) is 13.2 Å². The van der Waals surface area contributed by atoms with Gasteiger partial charge < -0.3 is 9.30 Å². The van der Waals surface area contributed by atoms with Crippen LogP contribution in [-0.4, -0.2) is 22.4 Å². The maximum atomic E-state index is 13.0. The number of carbonyl (C=O) groups is 1. The first-order valence-electron chi connectivity index (χ1n) is 9.61. The van der Waals surface area contributed by atoms with E-state index in [2.05, 4.69) is 4.98 Å². The first-order chi connectivity index (χ1) is 15.3. The van der Waals surface area contributed by atoms with Crippen molar-refractivity contribution in [2.24, 2.45) is 0 Å². The maximum Gasteiger partial charge on any atom is 0.433 e. The SMILES string of the molecule is COc1ccc(Cn2cc(C(=O)c3ccc(C(F)(F)F)nc3)c(=O)c3ccccc32)cc1. The van der Waals surface area contributed by atoms with Crippen LogP contribution < -0.4 is 10.2 Å². The number of alkyl halides is 3. The van der Waals surface area contributed by atoms with E-state index < -0.39 is 23.1 Å². The Bertz CT molecular complexity index is 1340. The summed E-state index contributed by atoms with van der Waals surface area (Å²) in [5, 5.41) is 0.340. The Kier molecular flexibility index (Phi) is 5.52. The van der Waals surface area contributed by atoms with Gasteiger partial charge >= 0.3 is 6.18 Å². The van der Waals surface area contributed by atoms with Crippen LogP contribution in [0.5, 0.6) is 5.75 Å². The molecule has 0 fully saturated rings. The molecule has 2 aromatic heterocycles. The maximum absolute atomic E-state index is 13.0. The van der Waals surface area contributed by atoms with E-state index in [0.717, 1.165) is 23.9 Å². The van der Waals surface area contributed by atoms with Gasteiger partial charge in [0.25, 0.3) is 0 Å². The number of para-hydroxylation sites is 1. The second-order valence-electron chi connectivity index (χ2n) is 7.12. The highest BCUT2D eigenvalue weighted by atomic mass is 19.4. The van der Waals surface area contributed by atoms with Crippen molar-refractivity contribution in [2.45, 2.75) is 12.7 Å². The number of hydrogen-bond donors (Lipinski definition) is 0. The Morgan fingerprint density at radius 1 is 1.03 bits per heavy atom. The third-order valence-corrected chi connectivity index (χ3v) is 5.06. The molecule has 8 heteroatoms. The van der Waals surface area contributed by atoms with Crippen molar-refractivity contribution in [2.75, 3.05) is 7.11 Å². The van der Waals surface area contributed by atoms with E-state index in [1.807, 2.05) is 12.1 Å². The number of carbonyl (C=O) groups excluding carboxylic acids is 1. The highest BCUT2D eigenvalue weighted by Crippen LogP contribution is 2.27. The van der Waals surface area contributed by atoms with Crippen LogP contribution in [0.3, 0.4) is 0 Å². The van der Waals surface area contributed by atoms with Crippen LogP contribution in [0.25, 0.3) is 10.9 Å². The van der Waals surface area contributed by atoms with E-state index in [-0.39, 0.29) is 11.1 Å². The molecule has 0 unspecified atom stereocenters. The number of aromatic nitrogens is 2. The molecule has 4 rings (SSSR count). The standard InChI is InChI=1S/C24H17F3N2O3/c1-32-17-9-6-15(7-10-17)13-29-14-19(23(31)18-4-2-3-5-20(18)29)22(30)16-8-11-21(28-12-16)24(25,26)27/h2-12,14H,13H2,1H3. The fraction of sp³-hybridized carbons (Fsp3) is 0.125. The molecule has 0 radical (unpaired) electrons. The number of fused-ring (bicyclic) bond motifs is 1. The van der Waals surface area contributed by atoms with Gasteiger partial charge in [-0.15, -0.1) is 0 Å². The lowest BCUT2D eigenvalue weighted by atomic mass is 10.0. The summed E-state index contributed by atoms with van der Waals surface area (Å²) < 4.78 is 45.3. The molecule has 0 aliphatic carbocycles. The Hall–Kier alpha value is -3.94. The molecule has 0 bridgehead atoms. The zero-order chi connectivity index (χ0) is 22.9. The Morgan fingerprint density at radius 2 is 1.75 bits per heavy atom.